The summed E-state index contributed by atoms with van der Waals surface area (Å²) >= 11 is 1.40. The second-order valence-electron chi connectivity index (χ2n) is 3.75. The van der Waals surface area contributed by atoms with Gasteiger partial charge in [-0.05, 0) is 31.7 Å². The van der Waals surface area contributed by atoms with Crippen molar-refractivity contribution in [2.75, 3.05) is 12.0 Å². The summed E-state index contributed by atoms with van der Waals surface area (Å²) in [6, 6.07) is 5.55. The highest BCUT2D eigenvalue weighted by atomic mass is 32.2. The Kier molecular flexibility index (Phi) is 5.03. The Morgan fingerprint density at radius 3 is 2.53 bits per heavy atom. The Labute approximate surface area is 105 Å². The van der Waals surface area contributed by atoms with Crippen molar-refractivity contribution in [3.63, 3.8) is 0 Å². The van der Waals surface area contributed by atoms with E-state index in [1.54, 1.807) is 6.07 Å². The number of nitrogens with one attached hydrogen (secondary N) is 2. The molecule has 0 atom stereocenters. The van der Waals surface area contributed by atoms with Gasteiger partial charge in [0.15, 0.2) is 0 Å². The molecule has 0 radical (unpaired) electrons. The first-order valence-corrected chi connectivity index (χ1v) is 6.59. The van der Waals surface area contributed by atoms with Gasteiger partial charge in [-0.2, -0.15) is 11.8 Å². The van der Waals surface area contributed by atoms with Gasteiger partial charge in [-0.15, -0.1) is 0 Å². The van der Waals surface area contributed by atoms with Gasteiger partial charge in [-0.3, -0.25) is 20.4 Å². The number of hydrogen-bond acceptors (Lipinski definition) is 3. The molecule has 0 bridgehead atoms. The molecule has 0 unspecified atom stereocenters. The minimum absolute atomic E-state index is 0.212. The van der Waals surface area contributed by atoms with Gasteiger partial charge in [0.05, 0.1) is 5.75 Å². The number of hydrogen-bond donors (Lipinski definition) is 2. The van der Waals surface area contributed by atoms with Crippen molar-refractivity contribution in [3.8, 4) is 0 Å². The van der Waals surface area contributed by atoms with E-state index in [-0.39, 0.29) is 11.8 Å². The molecule has 17 heavy (non-hydrogen) atoms. The molecule has 4 nitrogen and oxygen atoms in total. The van der Waals surface area contributed by atoms with Crippen LogP contribution in [0.3, 0.4) is 0 Å². The molecule has 0 fully saturated rings. The van der Waals surface area contributed by atoms with Crippen molar-refractivity contribution in [2.45, 2.75) is 13.8 Å². The molecule has 0 aliphatic rings. The molecule has 0 aliphatic carbocycles. The zero-order chi connectivity index (χ0) is 12.8. The first kappa shape index (κ1) is 13.6. The molecule has 0 heterocycles. The van der Waals surface area contributed by atoms with Crippen molar-refractivity contribution in [1.82, 2.24) is 10.9 Å². The predicted octanol–water partition coefficient (Wildman–Crippen LogP) is 1.43. The number of rotatable bonds is 3. The maximum Gasteiger partial charge on any atom is 0.269 e. The van der Waals surface area contributed by atoms with Gasteiger partial charge in [-0.25, -0.2) is 0 Å². The summed E-state index contributed by atoms with van der Waals surface area (Å²) in [7, 11) is 0. The van der Waals surface area contributed by atoms with E-state index in [9.17, 15) is 9.59 Å². The smallest absolute Gasteiger partial charge is 0.269 e. The molecule has 1 aromatic rings. The van der Waals surface area contributed by atoms with Crippen molar-refractivity contribution in [2.24, 2.45) is 0 Å². The Hall–Kier alpha value is -1.49. The van der Waals surface area contributed by atoms with E-state index in [2.05, 4.69) is 10.9 Å². The molecule has 5 heteroatoms. The molecular weight excluding hydrogens is 236 g/mol. The molecule has 1 rings (SSSR count). The van der Waals surface area contributed by atoms with Crippen LogP contribution in [0.2, 0.25) is 0 Å². The minimum Gasteiger partial charge on any atom is -0.272 e. The normalized spacial score (nSPS) is 9.82. The number of hydrazine groups is 1. The summed E-state index contributed by atoms with van der Waals surface area (Å²) in [5, 5.41) is 0. The van der Waals surface area contributed by atoms with Crippen LogP contribution in [0.25, 0.3) is 0 Å². The van der Waals surface area contributed by atoms with Crippen molar-refractivity contribution in [3.05, 3.63) is 34.9 Å². The summed E-state index contributed by atoms with van der Waals surface area (Å²) in [5.74, 6) is -0.180. The van der Waals surface area contributed by atoms with Crippen LogP contribution in [0, 0.1) is 13.8 Å². The van der Waals surface area contributed by atoms with E-state index in [4.69, 9.17) is 0 Å². The lowest BCUT2D eigenvalue weighted by Gasteiger charge is -2.09. The number of benzene rings is 1. The van der Waals surface area contributed by atoms with Crippen LogP contribution in [-0.2, 0) is 4.79 Å². The summed E-state index contributed by atoms with van der Waals surface area (Å²) < 4.78 is 0. The molecule has 0 spiro atoms. The summed E-state index contributed by atoms with van der Waals surface area (Å²) in [5.41, 5.74) is 7.32. The van der Waals surface area contributed by atoms with E-state index in [0.717, 1.165) is 11.1 Å². The number of amides is 2. The molecule has 0 aromatic heterocycles. The Morgan fingerprint density at radius 2 is 1.94 bits per heavy atom. The third-order valence-corrected chi connectivity index (χ3v) is 2.77. The van der Waals surface area contributed by atoms with E-state index < -0.39 is 0 Å². The average molecular weight is 252 g/mol. The van der Waals surface area contributed by atoms with Gasteiger partial charge >= 0.3 is 0 Å². The first-order chi connectivity index (χ1) is 8.04. The zero-order valence-corrected chi connectivity index (χ0v) is 11.0. The Balaban J connectivity index is 2.61. The van der Waals surface area contributed by atoms with Crippen molar-refractivity contribution in [1.29, 1.82) is 0 Å². The van der Waals surface area contributed by atoms with Gasteiger partial charge in [0.2, 0.25) is 5.91 Å². The topological polar surface area (TPSA) is 58.2 Å². The number of aryl methyl sites for hydroxylation is 2. The molecule has 92 valence electrons. The Bertz CT molecular complexity index is 433. The second-order valence-corrected chi connectivity index (χ2v) is 4.62. The highest BCUT2D eigenvalue weighted by molar-refractivity contribution is 7.99. The van der Waals surface area contributed by atoms with Gasteiger partial charge < -0.3 is 0 Å². The van der Waals surface area contributed by atoms with Crippen molar-refractivity contribution < 1.29 is 9.59 Å². The van der Waals surface area contributed by atoms with Crippen LogP contribution in [0.5, 0.6) is 0 Å². The quantitative estimate of drug-likeness (QED) is 0.800. The fourth-order valence-corrected chi connectivity index (χ4v) is 1.76. The zero-order valence-electron chi connectivity index (χ0n) is 10.2. The van der Waals surface area contributed by atoms with Gasteiger partial charge in [0.1, 0.15) is 0 Å². The number of thioether (sulfide) groups is 1. The minimum atomic E-state index is -0.294. The monoisotopic (exact) mass is 252 g/mol. The van der Waals surface area contributed by atoms with Gasteiger partial charge in [0, 0.05) is 5.56 Å². The van der Waals surface area contributed by atoms with Crippen LogP contribution in [0.15, 0.2) is 18.2 Å². The van der Waals surface area contributed by atoms with Crippen LogP contribution >= 0.6 is 11.8 Å². The Morgan fingerprint density at radius 1 is 1.24 bits per heavy atom. The number of carbonyl (C=O) groups excluding carboxylic acids is 2. The highest BCUT2D eigenvalue weighted by Gasteiger charge is 2.09. The average Bonchev–Trinajstić information content (AvgIpc) is 2.26. The molecular formula is C12H16N2O2S. The molecule has 2 amide bonds. The van der Waals surface area contributed by atoms with Crippen LogP contribution in [0.4, 0.5) is 0 Å². The summed E-state index contributed by atoms with van der Waals surface area (Å²) in [6.07, 6.45) is 1.82. The maximum atomic E-state index is 11.8. The van der Waals surface area contributed by atoms with Crippen LogP contribution in [0.1, 0.15) is 21.5 Å². The summed E-state index contributed by atoms with van der Waals surface area (Å²) in [6.45, 7) is 3.83. The summed E-state index contributed by atoms with van der Waals surface area (Å²) in [4.78, 5) is 22.9. The standard InChI is InChI=1S/C12H16N2O2S/c1-8-4-5-10(9(2)6-8)12(16)14-13-11(15)7-17-3/h4-6H,7H2,1-3H3,(H,13,15)(H,14,16). The molecule has 0 saturated heterocycles. The molecule has 0 aliphatic heterocycles. The third kappa shape index (κ3) is 4.11. The lowest BCUT2D eigenvalue weighted by molar-refractivity contribution is -0.119. The highest BCUT2D eigenvalue weighted by Crippen LogP contribution is 2.09. The maximum absolute atomic E-state index is 11.8. The van der Waals surface area contributed by atoms with Gasteiger partial charge in [0.25, 0.3) is 5.91 Å². The largest absolute Gasteiger partial charge is 0.272 e. The molecule has 2 N–H and O–H groups in total. The SMILES string of the molecule is CSCC(=O)NNC(=O)c1ccc(C)cc1C. The molecule has 0 saturated carbocycles. The van der Waals surface area contributed by atoms with E-state index in [1.165, 1.54) is 11.8 Å². The lowest BCUT2D eigenvalue weighted by atomic mass is 10.1. The third-order valence-electron chi connectivity index (χ3n) is 2.22. The van der Waals surface area contributed by atoms with E-state index in [1.807, 2.05) is 32.2 Å². The van der Waals surface area contributed by atoms with Gasteiger partial charge in [-0.1, -0.05) is 17.7 Å². The fraction of sp³-hybridized carbons (Fsp3) is 0.333. The van der Waals surface area contributed by atoms with E-state index >= 15 is 0 Å². The van der Waals surface area contributed by atoms with Crippen LogP contribution < -0.4 is 10.9 Å². The number of carbonyl (C=O) groups is 2. The lowest BCUT2D eigenvalue weighted by Crippen LogP contribution is -2.42. The first-order valence-electron chi connectivity index (χ1n) is 5.20. The predicted molar refractivity (Wildman–Crippen MR) is 69.9 cm³/mol. The fourth-order valence-electron chi connectivity index (χ4n) is 1.43. The molecule has 1 aromatic carbocycles. The second kappa shape index (κ2) is 6.30. The van der Waals surface area contributed by atoms with Crippen LogP contribution in [-0.4, -0.2) is 23.8 Å². The van der Waals surface area contributed by atoms with E-state index in [0.29, 0.717) is 11.3 Å². The van der Waals surface area contributed by atoms with Crippen molar-refractivity contribution >= 4 is 23.6 Å².